The summed E-state index contributed by atoms with van der Waals surface area (Å²) in [5.74, 6) is 0.844. The predicted octanol–water partition coefficient (Wildman–Crippen LogP) is 0.828. The minimum Gasteiger partial charge on any atom is -0.493 e. The molecule has 6 nitrogen and oxygen atoms in total. The molecular formula is C11H17NO5S. The number of ether oxygens (including phenoxy) is 2. The maximum Gasteiger partial charge on any atom is 0.232 e. The molecule has 0 amide bonds. The van der Waals surface area contributed by atoms with Crippen molar-refractivity contribution < 1.29 is 23.0 Å². The first-order chi connectivity index (χ1) is 8.52. The average molecular weight is 275 g/mol. The normalized spacial score (nSPS) is 11.1. The standard InChI is InChI=1S/C11H17NO5S/c1-3-18(14,15)12-9-4-5-10(16-2)11(8-9)17-7-6-13/h4-5,8,12-13H,3,6-7H2,1-2H3. The van der Waals surface area contributed by atoms with Crippen molar-refractivity contribution in [2.24, 2.45) is 0 Å². The van der Waals surface area contributed by atoms with Crippen LogP contribution in [0.3, 0.4) is 0 Å². The minimum atomic E-state index is -3.33. The summed E-state index contributed by atoms with van der Waals surface area (Å²) in [5.41, 5.74) is 0.394. The lowest BCUT2D eigenvalue weighted by Gasteiger charge is -2.12. The van der Waals surface area contributed by atoms with E-state index in [-0.39, 0.29) is 19.0 Å². The Hall–Kier alpha value is -1.47. The van der Waals surface area contributed by atoms with Crippen LogP contribution in [0.2, 0.25) is 0 Å². The van der Waals surface area contributed by atoms with Crippen molar-refractivity contribution in [2.75, 3.05) is 30.8 Å². The van der Waals surface area contributed by atoms with E-state index in [0.717, 1.165) is 0 Å². The summed E-state index contributed by atoms with van der Waals surface area (Å²) in [4.78, 5) is 0. The fraction of sp³-hybridized carbons (Fsp3) is 0.455. The van der Waals surface area contributed by atoms with Gasteiger partial charge in [0.1, 0.15) is 6.61 Å². The molecule has 0 radical (unpaired) electrons. The average Bonchev–Trinajstić information content (AvgIpc) is 2.36. The highest BCUT2D eigenvalue weighted by Gasteiger charge is 2.10. The molecule has 0 aromatic heterocycles. The molecule has 0 atom stereocenters. The van der Waals surface area contributed by atoms with E-state index in [2.05, 4.69) is 4.72 Å². The van der Waals surface area contributed by atoms with Crippen LogP contribution in [0.25, 0.3) is 0 Å². The van der Waals surface area contributed by atoms with Crippen molar-refractivity contribution in [3.63, 3.8) is 0 Å². The van der Waals surface area contributed by atoms with Crippen LogP contribution >= 0.6 is 0 Å². The van der Waals surface area contributed by atoms with Crippen molar-refractivity contribution in [1.82, 2.24) is 0 Å². The lowest BCUT2D eigenvalue weighted by atomic mass is 10.3. The number of anilines is 1. The van der Waals surface area contributed by atoms with E-state index in [1.165, 1.54) is 13.2 Å². The van der Waals surface area contributed by atoms with Crippen molar-refractivity contribution >= 4 is 15.7 Å². The van der Waals surface area contributed by atoms with Crippen LogP contribution in [-0.2, 0) is 10.0 Å². The van der Waals surface area contributed by atoms with Gasteiger partial charge in [0.2, 0.25) is 10.0 Å². The van der Waals surface area contributed by atoms with Crippen LogP contribution < -0.4 is 14.2 Å². The lowest BCUT2D eigenvalue weighted by Crippen LogP contribution is -2.14. The van der Waals surface area contributed by atoms with E-state index >= 15 is 0 Å². The van der Waals surface area contributed by atoms with Crippen LogP contribution in [0.1, 0.15) is 6.92 Å². The highest BCUT2D eigenvalue weighted by Crippen LogP contribution is 2.30. The van der Waals surface area contributed by atoms with Gasteiger partial charge in [-0.1, -0.05) is 0 Å². The van der Waals surface area contributed by atoms with Gasteiger partial charge in [0.05, 0.1) is 25.2 Å². The molecule has 0 bridgehead atoms. The molecule has 0 spiro atoms. The van der Waals surface area contributed by atoms with Gasteiger partial charge in [-0.2, -0.15) is 0 Å². The molecule has 1 aromatic carbocycles. The van der Waals surface area contributed by atoms with E-state index < -0.39 is 10.0 Å². The smallest absolute Gasteiger partial charge is 0.232 e. The van der Waals surface area contributed by atoms with Crippen LogP contribution in [0.15, 0.2) is 18.2 Å². The number of rotatable bonds is 7. The van der Waals surface area contributed by atoms with Gasteiger partial charge in [0.25, 0.3) is 0 Å². The largest absolute Gasteiger partial charge is 0.493 e. The Morgan fingerprint density at radius 3 is 2.61 bits per heavy atom. The predicted molar refractivity (Wildman–Crippen MR) is 68.7 cm³/mol. The van der Waals surface area contributed by atoms with Crippen molar-refractivity contribution in [3.8, 4) is 11.5 Å². The Bertz CT molecular complexity index is 486. The number of hydrogen-bond acceptors (Lipinski definition) is 5. The summed E-state index contributed by atoms with van der Waals surface area (Å²) in [6.45, 7) is 1.53. The second-order valence-corrected chi connectivity index (χ2v) is 5.45. The first-order valence-corrected chi connectivity index (χ1v) is 7.09. The molecule has 0 aliphatic rings. The first-order valence-electron chi connectivity index (χ1n) is 5.44. The van der Waals surface area contributed by atoms with Gasteiger partial charge in [0.15, 0.2) is 11.5 Å². The zero-order valence-corrected chi connectivity index (χ0v) is 11.2. The van der Waals surface area contributed by atoms with Crippen LogP contribution in [0.5, 0.6) is 11.5 Å². The van der Waals surface area contributed by atoms with E-state index in [1.54, 1.807) is 19.1 Å². The third-order valence-corrected chi connectivity index (χ3v) is 3.47. The molecule has 102 valence electrons. The summed E-state index contributed by atoms with van der Waals surface area (Å²) < 4.78 is 35.6. The molecule has 2 N–H and O–H groups in total. The number of nitrogens with one attached hydrogen (secondary N) is 1. The maximum absolute atomic E-state index is 11.4. The molecule has 0 aliphatic carbocycles. The van der Waals surface area contributed by atoms with Crippen LogP contribution in [0, 0.1) is 0 Å². The van der Waals surface area contributed by atoms with Gasteiger partial charge >= 0.3 is 0 Å². The summed E-state index contributed by atoms with van der Waals surface area (Å²) in [7, 11) is -1.84. The van der Waals surface area contributed by atoms with E-state index in [0.29, 0.717) is 17.2 Å². The third kappa shape index (κ3) is 4.08. The molecule has 7 heteroatoms. The van der Waals surface area contributed by atoms with Gasteiger partial charge in [-0.3, -0.25) is 4.72 Å². The fourth-order valence-electron chi connectivity index (χ4n) is 1.26. The monoisotopic (exact) mass is 275 g/mol. The highest BCUT2D eigenvalue weighted by atomic mass is 32.2. The van der Waals surface area contributed by atoms with Gasteiger partial charge in [-0.25, -0.2) is 8.42 Å². The van der Waals surface area contributed by atoms with Gasteiger partial charge in [-0.05, 0) is 19.1 Å². The number of aliphatic hydroxyl groups is 1. The zero-order valence-electron chi connectivity index (χ0n) is 10.3. The SMILES string of the molecule is CCS(=O)(=O)Nc1ccc(OC)c(OCCO)c1. The molecule has 0 saturated carbocycles. The molecule has 1 rings (SSSR count). The first kappa shape index (κ1) is 14.6. The second kappa shape index (κ2) is 6.46. The summed E-state index contributed by atoms with van der Waals surface area (Å²) in [6, 6.07) is 4.69. The second-order valence-electron chi connectivity index (χ2n) is 3.44. The van der Waals surface area contributed by atoms with Crippen LogP contribution in [0.4, 0.5) is 5.69 Å². The van der Waals surface area contributed by atoms with Gasteiger partial charge in [-0.15, -0.1) is 0 Å². The Morgan fingerprint density at radius 1 is 1.33 bits per heavy atom. The molecule has 0 aliphatic heterocycles. The Balaban J connectivity index is 2.95. The van der Waals surface area contributed by atoms with E-state index in [4.69, 9.17) is 14.6 Å². The molecular weight excluding hydrogens is 258 g/mol. The van der Waals surface area contributed by atoms with Gasteiger partial charge < -0.3 is 14.6 Å². The molecule has 0 saturated heterocycles. The Morgan fingerprint density at radius 2 is 2.06 bits per heavy atom. The minimum absolute atomic E-state index is 0.00808. The van der Waals surface area contributed by atoms with E-state index in [9.17, 15) is 8.42 Å². The number of sulfonamides is 1. The fourth-order valence-corrected chi connectivity index (χ4v) is 1.89. The highest BCUT2D eigenvalue weighted by molar-refractivity contribution is 7.92. The molecule has 18 heavy (non-hydrogen) atoms. The Labute approximate surface area is 107 Å². The van der Waals surface area contributed by atoms with E-state index in [1.807, 2.05) is 0 Å². The summed E-state index contributed by atoms with van der Waals surface area (Å²) in [6.07, 6.45) is 0. The molecule has 0 heterocycles. The molecule has 0 unspecified atom stereocenters. The summed E-state index contributed by atoms with van der Waals surface area (Å²) >= 11 is 0. The Kier molecular flexibility index (Phi) is 5.24. The quantitative estimate of drug-likeness (QED) is 0.770. The lowest BCUT2D eigenvalue weighted by molar-refractivity contribution is 0.196. The maximum atomic E-state index is 11.4. The third-order valence-electron chi connectivity index (χ3n) is 2.17. The molecule has 1 aromatic rings. The number of methoxy groups -OCH3 is 1. The number of benzene rings is 1. The van der Waals surface area contributed by atoms with Crippen molar-refractivity contribution in [1.29, 1.82) is 0 Å². The van der Waals surface area contributed by atoms with Crippen LogP contribution in [-0.4, -0.2) is 39.6 Å². The zero-order chi connectivity index (χ0) is 13.6. The number of hydrogen-bond donors (Lipinski definition) is 2. The molecule has 0 fully saturated rings. The van der Waals surface area contributed by atoms with Crippen molar-refractivity contribution in [3.05, 3.63) is 18.2 Å². The summed E-state index contributed by atoms with van der Waals surface area (Å²) in [5, 5.41) is 8.71. The topological polar surface area (TPSA) is 84.9 Å². The van der Waals surface area contributed by atoms with Gasteiger partial charge in [0, 0.05) is 6.07 Å². The number of aliphatic hydroxyl groups excluding tert-OH is 1. The van der Waals surface area contributed by atoms with Crippen molar-refractivity contribution in [2.45, 2.75) is 6.92 Å².